The van der Waals surface area contributed by atoms with E-state index in [1.54, 1.807) is 6.07 Å². The third-order valence-corrected chi connectivity index (χ3v) is 4.24. The van der Waals surface area contributed by atoms with Gasteiger partial charge in [-0.1, -0.05) is 0 Å². The van der Waals surface area contributed by atoms with Gasteiger partial charge in [-0.15, -0.1) is 0 Å². The average Bonchev–Trinajstić information content (AvgIpc) is 2.36. The van der Waals surface area contributed by atoms with E-state index >= 15 is 0 Å². The Morgan fingerprint density at radius 3 is 2.83 bits per heavy atom. The van der Waals surface area contributed by atoms with Crippen LogP contribution in [-0.4, -0.2) is 4.98 Å². The number of halogens is 2. The lowest BCUT2D eigenvalue weighted by atomic mass is 9.92. The summed E-state index contributed by atoms with van der Waals surface area (Å²) in [4.78, 5) is 4.64. The van der Waals surface area contributed by atoms with E-state index in [0.717, 1.165) is 42.5 Å². The van der Waals surface area contributed by atoms with Crippen LogP contribution in [0.5, 0.6) is 0 Å². The summed E-state index contributed by atoms with van der Waals surface area (Å²) in [6.07, 6.45) is 4.11. The Hall–Kier alpha value is -1.16. The summed E-state index contributed by atoms with van der Waals surface area (Å²) >= 11 is 3.24. The van der Waals surface area contributed by atoms with Gasteiger partial charge in [0.05, 0.1) is 15.4 Å². The number of hydrogen-bond acceptors (Lipinski definition) is 2. The van der Waals surface area contributed by atoms with Gasteiger partial charge in [0.1, 0.15) is 5.82 Å². The van der Waals surface area contributed by atoms with Gasteiger partial charge in [-0.25, -0.2) is 4.39 Å². The van der Waals surface area contributed by atoms with Crippen LogP contribution in [0, 0.1) is 12.7 Å². The first-order chi connectivity index (χ1) is 8.59. The normalized spacial score (nSPS) is 14.8. The van der Waals surface area contributed by atoms with E-state index in [1.807, 2.05) is 6.92 Å². The topological polar surface area (TPSA) is 38.9 Å². The Balaban J connectivity index is 2.46. The van der Waals surface area contributed by atoms with Crippen molar-refractivity contribution >= 4 is 32.5 Å². The molecule has 0 amide bonds. The number of anilines is 1. The van der Waals surface area contributed by atoms with Crippen LogP contribution in [0.1, 0.15) is 29.7 Å². The zero-order chi connectivity index (χ0) is 12.9. The molecule has 2 nitrogen and oxygen atoms in total. The maximum absolute atomic E-state index is 14.2. The Labute approximate surface area is 114 Å². The smallest absolute Gasteiger partial charge is 0.148 e. The second kappa shape index (κ2) is 4.19. The van der Waals surface area contributed by atoms with Crippen LogP contribution in [-0.2, 0) is 12.8 Å². The minimum absolute atomic E-state index is 0.297. The van der Waals surface area contributed by atoms with Crippen LogP contribution < -0.4 is 5.73 Å². The molecule has 1 aromatic carbocycles. The Morgan fingerprint density at radius 1 is 1.33 bits per heavy atom. The first-order valence-corrected chi connectivity index (χ1v) is 6.94. The predicted molar refractivity (Wildman–Crippen MR) is 75.2 cm³/mol. The molecule has 1 aromatic heterocycles. The highest BCUT2D eigenvalue weighted by Crippen LogP contribution is 2.36. The van der Waals surface area contributed by atoms with Gasteiger partial charge in [0.15, 0.2) is 0 Å². The fourth-order valence-electron chi connectivity index (χ4n) is 2.72. The zero-order valence-electron chi connectivity index (χ0n) is 10.2. The minimum atomic E-state index is -0.297. The molecule has 1 aliphatic rings. The van der Waals surface area contributed by atoms with Gasteiger partial charge < -0.3 is 5.73 Å². The number of aromatic nitrogens is 1. The van der Waals surface area contributed by atoms with E-state index in [2.05, 4.69) is 20.9 Å². The molecule has 1 heterocycles. The number of aryl methyl sites for hydroxylation is 2. The van der Waals surface area contributed by atoms with E-state index < -0.39 is 0 Å². The summed E-state index contributed by atoms with van der Waals surface area (Å²) in [6, 6.07) is 1.76. The summed E-state index contributed by atoms with van der Waals surface area (Å²) in [7, 11) is 0. The molecule has 0 radical (unpaired) electrons. The Bertz CT molecular complexity index is 652. The molecule has 0 unspecified atom stereocenters. The standard InChI is InChI=1S/C14H14BrFN2/c1-7-6-9(15)12(16)11-13(17)8-4-2-3-5-10(8)18-14(7)11/h6H,2-5H2,1H3,(H2,17,18). The number of rotatable bonds is 0. The SMILES string of the molecule is Cc1cc(Br)c(F)c2c(N)c3c(nc12)CCCC3. The van der Waals surface area contributed by atoms with E-state index in [4.69, 9.17) is 5.73 Å². The molecule has 0 fully saturated rings. The third-order valence-electron chi connectivity index (χ3n) is 3.66. The molecule has 0 aliphatic heterocycles. The molecule has 4 heteroatoms. The number of nitrogens with two attached hydrogens (primary N) is 1. The summed E-state index contributed by atoms with van der Waals surface area (Å²) in [5, 5.41) is 0.475. The summed E-state index contributed by atoms with van der Waals surface area (Å²) in [5.74, 6) is -0.297. The van der Waals surface area contributed by atoms with Gasteiger partial charge in [0.2, 0.25) is 0 Å². The molecule has 2 N–H and O–H groups in total. The van der Waals surface area contributed by atoms with Crippen LogP contribution in [0.15, 0.2) is 10.5 Å². The molecule has 0 saturated carbocycles. The van der Waals surface area contributed by atoms with Gasteiger partial charge in [-0.05, 0) is 65.7 Å². The number of benzene rings is 1. The zero-order valence-corrected chi connectivity index (χ0v) is 11.8. The van der Waals surface area contributed by atoms with Crippen molar-refractivity contribution in [2.45, 2.75) is 32.6 Å². The van der Waals surface area contributed by atoms with Crippen molar-refractivity contribution in [1.29, 1.82) is 0 Å². The number of pyridine rings is 1. The van der Waals surface area contributed by atoms with Crippen LogP contribution in [0.2, 0.25) is 0 Å². The first kappa shape index (κ1) is 11.9. The molecule has 94 valence electrons. The minimum Gasteiger partial charge on any atom is -0.398 e. The van der Waals surface area contributed by atoms with Crippen molar-refractivity contribution in [2.24, 2.45) is 0 Å². The van der Waals surface area contributed by atoms with Crippen molar-refractivity contribution in [3.8, 4) is 0 Å². The van der Waals surface area contributed by atoms with Gasteiger partial charge in [-0.2, -0.15) is 0 Å². The number of nitrogens with zero attached hydrogens (tertiary/aromatic N) is 1. The average molecular weight is 309 g/mol. The van der Waals surface area contributed by atoms with Gasteiger partial charge in [-0.3, -0.25) is 4.98 Å². The van der Waals surface area contributed by atoms with Crippen LogP contribution >= 0.6 is 15.9 Å². The van der Waals surface area contributed by atoms with E-state index in [1.165, 1.54) is 0 Å². The second-order valence-corrected chi connectivity index (χ2v) is 5.73. The molecule has 0 spiro atoms. The number of hydrogen-bond donors (Lipinski definition) is 1. The van der Waals surface area contributed by atoms with Gasteiger partial charge >= 0.3 is 0 Å². The van der Waals surface area contributed by atoms with Crippen LogP contribution in [0.25, 0.3) is 10.9 Å². The van der Waals surface area contributed by atoms with Crippen LogP contribution in [0.4, 0.5) is 10.1 Å². The van der Waals surface area contributed by atoms with E-state index in [-0.39, 0.29) is 5.82 Å². The molecule has 1 aliphatic carbocycles. The predicted octanol–water partition coefficient (Wildman–Crippen LogP) is 3.91. The van der Waals surface area contributed by atoms with Crippen molar-refractivity contribution in [2.75, 3.05) is 5.73 Å². The molecule has 0 atom stereocenters. The maximum atomic E-state index is 14.2. The van der Waals surface area contributed by atoms with Crippen molar-refractivity contribution < 1.29 is 4.39 Å². The quantitative estimate of drug-likeness (QED) is 0.801. The van der Waals surface area contributed by atoms with Crippen molar-refractivity contribution in [1.82, 2.24) is 4.98 Å². The summed E-state index contributed by atoms with van der Waals surface area (Å²) in [5.41, 5.74) is 10.5. The van der Waals surface area contributed by atoms with E-state index in [9.17, 15) is 4.39 Å². The number of nitrogen functional groups attached to an aromatic ring is 1. The fraction of sp³-hybridized carbons (Fsp3) is 0.357. The highest BCUT2D eigenvalue weighted by Gasteiger charge is 2.20. The van der Waals surface area contributed by atoms with Gasteiger partial charge in [0.25, 0.3) is 0 Å². The third kappa shape index (κ3) is 1.62. The maximum Gasteiger partial charge on any atom is 0.148 e. The Morgan fingerprint density at radius 2 is 2.06 bits per heavy atom. The Kier molecular flexibility index (Phi) is 2.77. The second-order valence-electron chi connectivity index (χ2n) is 4.87. The lowest BCUT2D eigenvalue weighted by Crippen LogP contribution is -2.10. The lowest BCUT2D eigenvalue weighted by Gasteiger charge is -2.19. The van der Waals surface area contributed by atoms with E-state index in [0.29, 0.717) is 21.1 Å². The molecule has 18 heavy (non-hydrogen) atoms. The molecular weight excluding hydrogens is 295 g/mol. The molecular formula is C14H14BrFN2. The van der Waals surface area contributed by atoms with Crippen LogP contribution in [0.3, 0.4) is 0 Å². The lowest BCUT2D eigenvalue weighted by molar-refractivity contribution is 0.631. The summed E-state index contributed by atoms with van der Waals surface area (Å²) < 4.78 is 14.7. The summed E-state index contributed by atoms with van der Waals surface area (Å²) in [6.45, 7) is 1.94. The number of fused-ring (bicyclic) bond motifs is 2. The molecule has 0 saturated heterocycles. The van der Waals surface area contributed by atoms with Crippen molar-refractivity contribution in [3.63, 3.8) is 0 Å². The largest absolute Gasteiger partial charge is 0.398 e. The molecule has 0 bridgehead atoms. The first-order valence-electron chi connectivity index (χ1n) is 6.15. The monoisotopic (exact) mass is 308 g/mol. The van der Waals surface area contributed by atoms with Gasteiger partial charge in [0, 0.05) is 11.4 Å². The fourth-order valence-corrected chi connectivity index (χ4v) is 3.26. The highest BCUT2D eigenvalue weighted by molar-refractivity contribution is 9.10. The molecule has 3 rings (SSSR count). The highest BCUT2D eigenvalue weighted by atomic mass is 79.9. The van der Waals surface area contributed by atoms with Crippen molar-refractivity contribution in [3.05, 3.63) is 33.2 Å². The molecule has 2 aromatic rings.